The molecule has 0 spiro atoms. The lowest BCUT2D eigenvalue weighted by Crippen LogP contribution is -2.20. The second-order valence-corrected chi connectivity index (χ2v) is 9.64. The summed E-state index contributed by atoms with van der Waals surface area (Å²) in [6, 6.07) is 13.5. The molecule has 0 saturated heterocycles. The SMILES string of the molecule is CCCCCCCCOc1ccc(C(=O)Nc2ccccc2O/C(=C\C(=O)OC(C)C)C(=O)OC(C)C)cc1. The lowest BCUT2D eigenvalue weighted by atomic mass is 10.1. The number of hydrogen-bond donors (Lipinski definition) is 1. The van der Waals surface area contributed by atoms with Crippen LogP contribution in [0.25, 0.3) is 0 Å². The minimum atomic E-state index is -0.830. The highest BCUT2D eigenvalue weighted by Crippen LogP contribution is 2.27. The van der Waals surface area contributed by atoms with Gasteiger partial charge in [0.15, 0.2) is 5.75 Å². The standard InChI is InChI=1S/C31H41NO7/c1-6-7-8-9-10-13-20-36-25-18-16-24(17-19-25)30(34)32-26-14-11-12-15-27(26)39-28(31(35)38-23(4)5)21-29(33)37-22(2)3/h11-12,14-19,21-23H,6-10,13,20H2,1-5H3,(H,32,34)/b28-21-. The molecule has 0 radical (unpaired) electrons. The van der Waals surface area contributed by atoms with Gasteiger partial charge in [-0.05, 0) is 70.5 Å². The van der Waals surface area contributed by atoms with Gasteiger partial charge in [0.25, 0.3) is 5.91 Å². The summed E-state index contributed by atoms with van der Waals surface area (Å²) in [4.78, 5) is 37.7. The molecule has 2 rings (SSSR count). The normalized spacial score (nSPS) is 11.3. The Hall–Kier alpha value is -3.81. The van der Waals surface area contributed by atoms with Crippen molar-refractivity contribution >= 4 is 23.5 Å². The molecule has 0 unspecified atom stereocenters. The first kappa shape index (κ1) is 31.4. The van der Waals surface area contributed by atoms with E-state index in [1.807, 2.05) is 0 Å². The molecule has 39 heavy (non-hydrogen) atoms. The zero-order chi connectivity index (χ0) is 28.6. The van der Waals surface area contributed by atoms with E-state index < -0.39 is 18.0 Å². The van der Waals surface area contributed by atoms with Crippen LogP contribution in [0, 0.1) is 0 Å². The third kappa shape index (κ3) is 12.1. The number of benzene rings is 2. The lowest BCUT2D eigenvalue weighted by Gasteiger charge is -2.15. The van der Waals surface area contributed by atoms with Gasteiger partial charge >= 0.3 is 11.9 Å². The van der Waals surface area contributed by atoms with Gasteiger partial charge in [0.05, 0.1) is 30.6 Å². The Bertz CT molecular complexity index is 1090. The van der Waals surface area contributed by atoms with Crippen LogP contribution in [0.5, 0.6) is 11.5 Å². The number of ether oxygens (including phenoxy) is 4. The van der Waals surface area contributed by atoms with E-state index in [1.165, 1.54) is 25.7 Å². The summed E-state index contributed by atoms with van der Waals surface area (Å²) < 4.78 is 21.9. The predicted octanol–water partition coefficient (Wildman–Crippen LogP) is 6.84. The minimum Gasteiger partial charge on any atom is -0.494 e. The lowest BCUT2D eigenvalue weighted by molar-refractivity contribution is -0.147. The average molecular weight is 540 g/mol. The van der Waals surface area contributed by atoms with Gasteiger partial charge in [-0.15, -0.1) is 0 Å². The number of hydrogen-bond acceptors (Lipinski definition) is 7. The predicted molar refractivity (Wildman–Crippen MR) is 151 cm³/mol. The van der Waals surface area contributed by atoms with Gasteiger partial charge in [0.2, 0.25) is 5.76 Å². The molecular weight excluding hydrogens is 498 g/mol. The maximum absolute atomic E-state index is 12.9. The average Bonchev–Trinajstić information content (AvgIpc) is 2.88. The third-order valence-corrected chi connectivity index (χ3v) is 5.38. The van der Waals surface area contributed by atoms with E-state index in [0.29, 0.717) is 23.6 Å². The van der Waals surface area contributed by atoms with Gasteiger partial charge in [-0.1, -0.05) is 51.2 Å². The van der Waals surface area contributed by atoms with Crippen LogP contribution in [-0.2, 0) is 19.1 Å². The van der Waals surface area contributed by atoms with Crippen molar-refractivity contribution in [3.05, 3.63) is 65.9 Å². The van der Waals surface area contributed by atoms with Crippen LogP contribution in [0.1, 0.15) is 83.5 Å². The summed E-state index contributed by atoms with van der Waals surface area (Å²) in [6.07, 6.45) is 7.26. The van der Waals surface area contributed by atoms with E-state index in [1.54, 1.807) is 76.2 Å². The first-order valence-corrected chi connectivity index (χ1v) is 13.6. The van der Waals surface area contributed by atoms with Crippen molar-refractivity contribution in [1.82, 2.24) is 0 Å². The molecule has 2 aromatic rings. The van der Waals surface area contributed by atoms with Crippen LogP contribution in [0.2, 0.25) is 0 Å². The second kappa shape index (κ2) is 16.9. The fraction of sp³-hybridized carbons (Fsp3) is 0.452. The molecule has 0 bridgehead atoms. The molecule has 2 aromatic carbocycles. The van der Waals surface area contributed by atoms with Gasteiger partial charge < -0.3 is 24.3 Å². The van der Waals surface area contributed by atoms with E-state index in [2.05, 4.69) is 12.2 Å². The number of unbranched alkanes of at least 4 members (excludes halogenated alkanes) is 5. The van der Waals surface area contributed by atoms with Crippen LogP contribution in [0.4, 0.5) is 5.69 Å². The van der Waals surface area contributed by atoms with Crippen LogP contribution >= 0.6 is 0 Å². The number of nitrogens with one attached hydrogen (secondary N) is 1. The summed E-state index contributed by atoms with van der Waals surface area (Å²) in [5.41, 5.74) is 0.735. The third-order valence-electron chi connectivity index (χ3n) is 5.38. The van der Waals surface area contributed by atoms with Crippen LogP contribution in [0.3, 0.4) is 0 Å². The minimum absolute atomic E-state index is 0.161. The van der Waals surface area contributed by atoms with E-state index in [9.17, 15) is 14.4 Å². The Balaban J connectivity index is 2.06. The van der Waals surface area contributed by atoms with Crippen molar-refractivity contribution in [3.63, 3.8) is 0 Å². The zero-order valence-corrected chi connectivity index (χ0v) is 23.7. The van der Waals surface area contributed by atoms with Crippen molar-refractivity contribution in [1.29, 1.82) is 0 Å². The fourth-order valence-corrected chi connectivity index (χ4v) is 3.52. The molecular formula is C31H41NO7. The van der Waals surface area contributed by atoms with Crippen molar-refractivity contribution in [2.45, 2.75) is 85.4 Å². The molecule has 8 nitrogen and oxygen atoms in total. The Morgan fingerprint density at radius 2 is 1.46 bits per heavy atom. The summed E-state index contributed by atoms with van der Waals surface area (Å²) in [5.74, 6) is -1.44. The van der Waals surface area contributed by atoms with Crippen LogP contribution < -0.4 is 14.8 Å². The molecule has 212 valence electrons. The summed E-state index contributed by atoms with van der Waals surface area (Å²) in [7, 11) is 0. The Labute approximate surface area is 231 Å². The summed E-state index contributed by atoms with van der Waals surface area (Å²) in [6.45, 7) is 9.59. The number of carbonyl (C=O) groups excluding carboxylic acids is 3. The highest BCUT2D eigenvalue weighted by molar-refractivity contribution is 6.05. The molecule has 1 N–H and O–H groups in total. The van der Waals surface area contributed by atoms with E-state index in [4.69, 9.17) is 18.9 Å². The molecule has 0 fully saturated rings. The fourth-order valence-electron chi connectivity index (χ4n) is 3.52. The number of anilines is 1. The van der Waals surface area contributed by atoms with Crippen molar-refractivity contribution < 1.29 is 33.3 Å². The van der Waals surface area contributed by atoms with Crippen molar-refractivity contribution in [2.24, 2.45) is 0 Å². The number of esters is 2. The van der Waals surface area contributed by atoms with Crippen molar-refractivity contribution in [3.8, 4) is 11.5 Å². The Morgan fingerprint density at radius 3 is 2.13 bits per heavy atom. The highest BCUT2D eigenvalue weighted by Gasteiger charge is 2.20. The van der Waals surface area contributed by atoms with E-state index in [0.717, 1.165) is 18.9 Å². The maximum Gasteiger partial charge on any atom is 0.374 e. The number of para-hydroxylation sites is 2. The number of carbonyl (C=O) groups is 3. The topological polar surface area (TPSA) is 100 Å². The van der Waals surface area contributed by atoms with Gasteiger partial charge in [0.1, 0.15) is 5.75 Å². The van der Waals surface area contributed by atoms with Crippen molar-refractivity contribution in [2.75, 3.05) is 11.9 Å². The summed E-state index contributed by atoms with van der Waals surface area (Å²) in [5, 5.41) is 2.79. The van der Waals surface area contributed by atoms with Gasteiger partial charge in [-0.3, -0.25) is 4.79 Å². The van der Waals surface area contributed by atoms with Gasteiger partial charge in [0, 0.05) is 5.56 Å². The maximum atomic E-state index is 12.9. The first-order chi connectivity index (χ1) is 18.7. The smallest absolute Gasteiger partial charge is 0.374 e. The van der Waals surface area contributed by atoms with Gasteiger partial charge in [-0.25, -0.2) is 9.59 Å². The quantitative estimate of drug-likeness (QED) is 0.108. The summed E-state index contributed by atoms with van der Waals surface area (Å²) >= 11 is 0. The second-order valence-electron chi connectivity index (χ2n) is 9.64. The monoisotopic (exact) mass is 539 g/mol. The molecule has 8 heteroatoms. The molecule has 0 aromatic heterocycles. The Kier molecular flexibility index (Phi) is 13.6. The van der Waals surface area contributed by atoms with E-state index >= 15 is 0 Å². The van der Waals surface area contributed by atoms with Crippen LogP contribution in [0.15, 0.2) is 60.4 Å². The molecule has 0 atom stereocenters. The highest BCUT2D eigenvalue weighted by atomic mass is 16.6. The molecule has 0 saturated carbocycles. The largest absolute Gasteiger partial charge is 0.494 e. The molecule has 0 aliphatic heterocycles. The first-order valence-electron chi connectivity index (χ1n) is 13.6. The van der Waals surface area contributed by atoms with E-state index in [-0.39, 0.29) is 23.5 Å². The number of amides is 1. The zero-order valence-electron chi connectivity index (χ0n) is 23.7. The molecule has 0 heterocycles. The molecule has 0 aliphatic carbocycles. The number of rotatable bonds is 16. The molecule has 1 amide bonds. The Morgan fingerprint density at radius 1 is 0.821 bits per heavy atom. The van der Waals surface area contributed by atoms with Gasteiger partial charge in [-0.2, -0.15) is 0 Å². The van der Waals surface area contributed by atoms with Crippen LogP contribution in [-0.4, -0.2) is 36.7 Å². The molecule has 0 aliphatic rings.